The standard InChI is InChI=1S/C29H29N7/c1-6-9-23-21(7-2)11-12-22-15-20(10-13-24(22)25(23)16-26-32-34-35-33-26)17-36-27(8-3)31-28-18(4)14-19(5)30-29(28)36/h2,6,9-10,13-16H,8,11-12,17H2,1,3-5H3,(H,32,33,34,35)/b9-6-,25-16+. The fourth-order valence-corrected chi connectivity index (χ4v) is 5.01. The molecule has 7 nitrogen and oxygen atoms in total. The number of hydrogen-bond donors (Lipinski definition) is 1. The van der Waals surface area contributed by atoms with Gasteiger partial charge in [0.05, 0.1) is 6.54 Å². The van der Waals surface area contributed by atoms with Crippen LogP contribution in [0.15, 0.2) is 47.6 Å². The maximum Gasteiger partial charge on any atom is 0.198 e. The predicted molar refractivity (Wildman–Crippen MR) is 143 cm³/mol. The highest BCUT2D eigenvalue weighted by atomic mass is 15.5. The second-order valence-corrected chi connectivity index (χ2v) is 9.08. The summed E-state index contributed by atoms with van der Waals surface area (Å²) in [5.74, 6) is 4.49. The highest BCUT2D eigenvalue weighted by molar-refractivity contribution is 5.94. The van der Waals surface area contributed by atoms with E-state index in [1.54, 1.807) is 0 Å². The van der Waals surface area contributed by atoms with E-state index < -0.39 is 0 Å². The van der Waals surface area contributed by atoms with E-state index in [9.17, 15) is 0 Å². The van der Waals surface area contributed by atoms with Crippen LogP contribution in [0.25, 0.3) is 22.8 Å². The molecule has 0 fully saturated rings. The Labute approximate surface area is 211 Å². The van der Waals surface area contributed by atoms with E-state index in [1.807, 2.05) is 26.0 Å². The van der Waals surface area contributed by atoms with Crippen LogP contribution in [0.4, 0.5) is 0 Å². The van der Waals surface area contributed by atoms with Gasteiger partial charge in [0.2, 0.25) is 0 Å². The first kappa shape index (κ1) is 23.4. The lowest BCUT2D eigenvalue weighted by molar-refractivity contribution is 0.744. The number of nitrogens with one attached hydrogen (secondary N) is 1. The Bertz CT molecular complexity index is 1570. The van der Waals surface area contributed by atoms with Crippen LogP contribution in [0.1, 0.15) is 59.9 Å². The Kier molecular flexibility index (Phi) is 6.34. The molecule has 0 radical (unpaired) electrons. The third-order valence-electron chi connectivity index (χ3n) is 6.62. The third-order valence-corrected chi connectivity index (χ3v) is 6.62. The topological polar surface area (TPSA) is 85.2 Å². The minimum absolute atomic E-state index is 0.523. The van der Waals surface area contributed by atoms with Gasteiger partial charge in [-0.1, -0.05) is 43.2 Å². The van der Waals surface area contributed by atoms with E-state index in [4.69, 9.17) is 16.4 Å². The molecule has 0 saturated heterocycles. The molecular weight excluding hydrogens is 446 g/mol. The number of allylic oxidation sites excluding steroid dienone is 5. The predicted octanol–water partition coefficient (Wildman–Crippen LogP) is 5.16. The zero-order valence-electron chi connectivity index (χ0n) is 21.1. The Morgan fingerprint density at radius 2 is 2.03 bits per heavy atom. The van der Waals surface area contributed by atoms with Crippen molar-refractivity contribution in [3.05, 3.63) is 87.2 Å². The van der Waals surface area contributed by atoms with Crippen molar-refractivity contribution in [1.29, 1.82) is 0 Å². The molecule has 1 aliphatic rings. The summed E-state index contributed by atoms with van der Waals surface area (Å²) < 4.78 is 2.25. The molecule has 5 rings (SSSR count). The summed E-state index contributed by atoms with van der Waals surface area (Å²) in [5, 5.41) is 14.6. The van der Waals surface area contributed by atoms with Gasteiger partial charge in [-0.05, 0) is 84.4 Å². The molecule has 0 spiro atoms. The first-order chi connectivity index (χ1) is 17.5. The Morgan fingerprint density at radius 1 is 1.17 bits per heavy atom. The molecule has 1 aromatic carbocycles. The number of rotatable bonds is 5. The molecule has 0 saturated carbocycles. The zero-order valence-corrected chi connectivity index (χ0v) is 21.1. The number of H-pyrrole nitrogens is 1. The van der Waals surface area contributed by atoms with Gasteiger partial charge < -0.3 is 4.57 Å². The van der Waals surface area contributed by atoms with E-state index in [0.717, 1.165) is 69.8 Å². The van der Waals surface area contributed by atoms with Crippen molar-refractivity contribution >= 4 is 22.8 Å². The fourth-order valence-electron chi connectivity index (χ4n) is 5.01. The number of aryl methyl sites for hydroxylation is 4. The number of hydrogen-bond acceptors (Lipinski definition) is 5. The molecule has 0 bridgehead atoms. The smallest absolute Gasteiger partial charge is 0.198 e. The van der Waals surface area contributed by atoms with Crippen molar-refractivity contribution in [3.63, 3.8) is 0 Å². The van der Waals surface area contributed by atoms with Crippen LogP contribution in [-0.2, 0) is 19.4 Å². The summed E-state index contributed by atoms with van der Waals surface area (Å²) in [5.41, 5.74) is 10.7. The molecule has 1 N–H and O–H groups in total. The Balaban J connectivity index is 1.61. The lowest BCUT2D eigenvalue weighted by Crippen LogP contribution is -2.06. The lowest BCUT2D eigenvalue weighted by Gasteiger charge is -2.14. The second-order valence-electron chi connectivity index (χ2n) is 9.08. The number of imidazole rings is 1. The fraction of sp³-hybridized carbons (Fsp3) is 0.276. The summed E-state index contributed by atoms with van der Waals surface area (Å²) in [7, 11) is 0. The number of aromatic nitrogens is 7. The van der Waals surface area contributed by atoms with Gasteiger partial charge >= 0.3 is 0 Å². The number of pyridine rings is 1. The minimum Gasteiger partial charge on any atom is -0.308 e. The van der Waals surface area contributed by atoms with Crippen LogP contribution in [0.3, 0.4) is 0 Å². The average molecular weight is 476 g/mol. The summed E-state index contributed by atoms with van der Waals surface area (Å²) in [6, 6.07) is 8.76. The van der Waals surface area contributed by atoms with E-state index in [-0.39, 0.29) is 0 Å². The van der Waals surface area contributed by atoms with E-state index in [2.05, 4.69) is 75.3 Å². The molecule has 0 aliphatic heterocycles. The van der Waals surface area contributed by atoms with E-state index in [1.165, 1.54) is 11.1 Å². The highest BCUT2D eigenvalue weighted by Crippen LogP contribution is 2.36. The van der Waals surface area contributed by atoms with Crippen molar-refractivity contribution in [2.45, 2.75) is 53.5 Å². The van der Waals surface area contributed by atoms with Crippen molar-refractivity contribution in [1.82, 2.24) is 35.2 Å². The molecule has 7 heteroatoms. The van der Waals surface area contributed by atoms with Crippen LogP contribution < -0.4 is 0 Å². The van der Waals surface area contributed by atoms with Crippen molar-refractivity contribution in [3.8, 4) is 12.3 Å². The van der Waals surface area contributed by atoms with Gasteiger partial charge in [0.1, 0.15) is 11.3 Å². The van der Waals surface area contributed by atoms with E-state index >= 15 is 0 Å². The van der Waals surface area contributed by atoms with Crippen molar-refractivity contribution in [2.75, 3.05) is 0 Å². The summed E-state index contributed by atoms with van der Waals surface area (Å²) >= 11 is 0. The van der Waals surface area contributed by atoms with Crippen LogP contribution in [0.5, 0.6) is 0 Å². The van der Waals surface area contributed by atoms with Crippen LogP contribution in [0, 0.1) is 26.2 Å². The molecule has 0 atom stereocenters. The molecule has 0 amide bonds. The maximum atomic E-state index is 5.96. The SMILES string of the molecule is C#CC1=C(/C=C\C)/C(=C\c2nn[nH]n2)c2ccc(Cn3c(CC)nc4c(C)cc(C)nc43)cc2CC1. The third kappa shape index (κ3) is 4.27. The number of fused-ring (bicyclic) bond motifs is 2. The number of benzene rings is 1. The molecule has 36 heavy (non-hydrogen) atoms. The Morgan fingerprint density at radius 3 is 2.75 bits per heavy atom. The first-order valence-corrected chi connectivity index (χ1v) is 12.3. The molecule has 0 unspecified atom stereocenters. The van der Waals surface area contributed by atoms with Gasteiger partial charge in [-0.3, -0.25) is 0 Å². The number of aromatic amines is 1. The van der Waals surface area contributed by atoms with Gasteiger partial charge in [-0.15, -0.1) is 16.6 Å². The second kappa shape index (κ2) is 9.74. The highest BCUT2D eigenvalue weighted by Gasteiger charge is 2.21. The molecule has 4 aromatic rings. The first-order valence-electron chi connectivity index (χ1n) is 12.3. The zero-order chi connectivity index (χ0) is 25.2. The van der Waals surface area contributed by atoms with Crippen LogP contribution in [-0.4, -0.2) is 35.2 Å². The van der Waals surface area contributed by atoms with Crippen LogP contribution >= 0.6 is 0 Å². The lowest BCUT2D eigenvalue weighted by atomic mass is 9.92. The summed E-state index contributed by atoms with van der Waals surface area (Å²) in [6.07, 6.45) is 14.5. The van der Waals surface area contributed by atoms with Crippen molar-refractivity contribution in [2.24, 2.45) is 0 Å². The minimum atomic E-state index is 0.523. The molecule has 1 aliphatic carbocycles. The van der Waals surface area contributed by atoms with Gasteiger partial charge in [0.25, 0.3) is 0 Å². The number of nitrogens with zero attached hydrogens (tertiary/aromatic N) is 6. The Hall–Kier alpha value is -4.31. The van der Waals surface area contributed by atoms with Crippen LogP contribution in [0.2, 0.25) is 0 Å². The average Bonchev–Trinajstić information content (AvgIpc) is 3.47. The largest absolute Gasteiger partial charge is 0.308 e. The summed E-state index contributed by atoms with van der Waals surface area (Å²) in [6.45, 7) is 8.99. The van der Waals surface area contributed by atoms with Crippen molar-refractivity contribution < 1.29 is 0 Å². The van der Waals surface area contributed by atoms with Gasteiger partial charge in [0, 0.05) is 17.7 Å². The maximum absolute atomic E-state index is 5.96. The van der Waals surface area contributed by atoms with Gasteiger partial charge in [-0.2, -0.15) is 5.21 Å². The molecule has 180 valence electrons. The number of terminal acetylenes is 1. The molecular formula is C29H29N7. The molecule has 3 heterocycles. The number of tetrazole rings is 1. The quantitative estimate of drug-likeness (QED) is 0.403. The molecule has 3 aromatic heterocycles. The van der Waals surface area contributed by atoms with Gasteiger partial charge in [0.15, 0.2) is 11.5 Å². The monoisotopic (exact) mass is 475 g/mol. The van der Waals surface area contributed by atoms with Gasteiger partial charge in [-0.25, -0.2) is 9.97 Å². The summed E-state index contributed by atoms with van der Waals surface area (Å²) in [4.78, 5) is 9.75. The van der Waals surface area contributed by atoms with E-state index in [0.29, 0.717) is 12.4 Å². The normalized spacial score (nSPS) is 15.0.